The topological polar surface area (TPSA) is 93.2 Å². The van der Waals surface area contributed by atoms with E-state index in [4.69, 9.17) is 4.74 Å². The number of ether oxygens (including phenoxy) is 1. The van der Waals surface area contributed by atoms with Gasteiger partial charge in [-0.05, 0) is 42.8 Å². The van der Waals surface area contributed by atoms with E-state index in [-0.39, 0.29) is 18.8 Å². The summed E-state index contributed by atoms with van der Waals surface area (Å²) in [7, 11) is 0. The molecule has 2 N–H and O–H groups in total. The Hall–Kier alpha value is -3.81. The molecule has 3 rings (SSSR count). The third-order valence-corrected chi connectivity index (χ3v) is 3.93. The van der Waals surface area contributed by atoms with Crippen molar-refractivity contribution < 1.29 is 18.7 Å². The van der Waals surface area contributed by atoms with Crippen molar-refractivity contribution in [3.8, 4) is 0 Å². The first-order valence-corrected chi connectivity index (χ1v) is 8.97. The van der Waals surface area contributed by atoms with Crippen molar-refractivity contribution >= 4 is 29.2 Å². The summed E-state index contributed by atoms with van der Waals surface area (Å²) in [6, 6.07) is 16.1. The smallest absolute Gasteiger partial charge is 0.340 e. The molecule has 0 saturated heterocycles. The van der Waals surface area contributed by atoms with Crippen molar-refractivity contribution in [3.05, 3.63) is 77.6 Å². The van der Waals surface area contributed by atoms with E-state index in [9.17, 15) is 14.0 Å². The van der Waals surface area contributed by atoms with Crippen molar-refractivity contribution in [3.63, 3.8) is 0 Å². The summed E-state index contributed by atoms with van der Waals surface area (Å²) in [6.45, 7) is 2.01. The number of aromatic nitrogens is 2. The van der Waals surface area contributed by atoms with Crippen LogP contribution in [0.25, 0.3) is 0 Å². The molecule has 1 amide bonds. The second-order valence-electron chi connectivity index (χ2n) is 6.01. The largest absolute Gasteiger partial charge is 0.462 e. The van der Waals surface area contributed by atoms with Gasteiger partial charge in [-0.1, -0.05) is 30.3 Å². The van der Waals surface area contributed by atoms with Crippen LogP contribution in [-0.4, -0.2) is 28.7 Å². The number of halogens is 1. The number of nitrogens with zero attached hydrogens (tertiary/aromatic N) is 2. The molecule has 0 saturated carbocycles. The van der Waals surface area contributed by atoms with Crippen LogP contribution >= 0.6 is 0 Å². The lowest BCUT2D eigenvalue weighted by Gasteiger charge is -2.10. The van der Waals surface area contributed by atoms with Gasteiger partial charge in [0.15, 0.2) is 11.6 Å². The van der Waals surface area contributed by atoms with Crippen molar-refractivity contribution in [1.82, 2.24) is 10.2 Å². The highest BCUT2D eigenvalue weighted by atomic mass is 19.1. The predicted molar refractivity (Wildman–Crippen MR) is 106 cm³/mol. The van der Waals surface area contributed by atoms with Gasteiger partial charge in [-0.3, -0.25) is 4.79 Å². The standard InChI is InChI=1S/C21H19FN4O3/c1-2-29-21(28)15-8-4-6-10-17(15)23-18-11-12-19(26-25-18)24-20(27)13-14-7-3-5-9-16(14)22/h3-12H,2,13H2,1H3,(H,23,25)(H,24,26,27). The molecule has 0 aliphatic heterocycles. The zero-order chi connectivity index (χ0) is 20.6. The second kappa shape index (κ2) is 9.41. The summed E-state index contributed by atoms with van der Waals surface area (Å²) in [5, 5.41) is 13.5. The van der Waals surface area contributed by atoms with Crippen LogP contribution in [0.2, 0.25) is 0 Å². The van der Waals surface area contributed by atoms with Gasteiger partial charge in [0.1, 0.15) is 5.82 Å². The summed E-state index contributed by atoms with van der Waals surface area (Å²) in [6.07, 6.45) is -0.110. The Morgan fingerprint density at radius 3 is 2.38 bits per heavy atom. The molecule has 0 aliphatic carbocycles. The van der Waals surface area contributed by atoms with Crippen LogP contribution in [0.15, 0.2) is 60.7 Å². The fourth-order valence-corrected chi connectivity index (χ4v) is 2.58. The third kappa shape index (κ3) is 5.35. The van der Waals surface area contributed by atoms with Crippen LogP contribution in [0.1, 0.15) is 22.8 Å². The minimum Gasteiger partial charge on any atom is -0.462 e. The number of hydrogen-bond acceptors (Lipinski definition) is 6. The lowest BCUT2D eigenvalue weighted by molar-refractivity contribution is -0.115. The fraction of sp³-hybridized carbons (Fsp3) is 0.143. The Balaban J connectivity index is 1.64. The summed E-state index contributed by atoms with van der Waals surface area (Å²) >= 11 is 0. The predicted octanol–water partition coefficient (Wildman–Crippen LogP) is 3.72. The van der Waals surface area contributed by atoms with E-state index in [1.165, 1.54) is 6.07 Å². The maximum atomic E-state index is 13.6. The molecule has 1 aromatic heterocycles. The molecule has 148 valence electrons. The molecule has 8 heteroatoms. The number of amides is 1. The van der Waals surface area contributed by atoms with Gasteiger partial charge in [0.25, 0.3) is 0 Å². The van der Waals surface area contributed by atoms with E-state index in [2.05, 4.69) is 20.8 Å². The van der Waals surface area contributed by atoms with Gasteiger partial charge in [0, 0.05) is 0 Å². The average molecular weight is 394 g/mol. The third-order valence-electron chi connectivity index (χ3n) is 3.93. The molecule has 29 heavy (non-hydrogen) atoms. The van der Waals surface area contributed by atoms with Crippen LogP contribution < -0.4 is 10.6 Å². The van der Waals surface area contributed by atoms with Crippen molar-refractivity contribution in [2.75, 3.05) is 17.2 Å². The molecular weight excluding hydrogens is 375 g/mol. The van der Waals surface area contributed by atoms with Gasteiger partial charge in [-0.25, -0.2) is 9.18 Å². The van der Waals surface area contributed by atoms with E-state index in [0.29, 0.717) is 22.6 Å². The zero-order valence-corrected chi connectivity index (χ0v) is 15.7. The minimum atomic E-state index is -0.444. The monoisotopic (exact) mass is 394 g/mol. The number of para-hydroxylation sites is 1. The van der Waals surface area contributed by atoms with E-state index >= 15 is 0 Å². The van der Waals surface area contributed by atoms with Crippen LogP contribution in [0.5, 0.6) is 0 Å². The average Bonchev–Trinajstić information content (AvgIpc) is 2.72. The first kappa shape index (κ1) is 19.9. The minimum absolute atomic E-state index is 0.110. The summed E-state index contributed by atoms with van der Waals surface area (Å²) in [5.41, 5.74) is 1.20. The van der Waals surface area contributed by atoms with Crippen LogP contribution in [-0.2, 0) is 16.0 Å². The van der Waals surface area contributed by atoms with Crippen molar-refractivity contribution in [2.45, 2.75) is 13.3 Å². The number of carbonyl (C=O) groups excluding carboxylic acids is 2. The molecular formula is C21H19FN4O3. The Morgan fingerprint density at radius 1 is 0.966 bits per heavy atom. The lowest BCUT2D eigenvalue weighted by atomic mass is 10.1. The molecule has 2 aromatic carbocycles. The van der Waals surface area contributed by atoms with E-state index in [0.717, 1.165) is 0 Å². The van der Waals surface area contributed by atoms with Gasteiger partial charge in [-0.15, -0.1) is 10.2 Å². The normalized spacial score (nSPS) is 10.3. The maximum Gasteiger partial charge on any atom is 0.340 e. The van der Waals surface area contributed by atoms with Crippen LogP contribution in [0.3, 0.4) is 0 Å². The number of hydrogen-bond donors (Lipinski definition) is 2. The number of benzene rings is 2. The zero-order valence-electron chi connectivity index (χ0n) is 15.7. The van der Waals surface area contributed by atoms with Gasteiger partial charge >= 0.3 is 5.97 Å². The van der Waals surface area contributed by atoms with E-state index in [1.807, 2.05) is 0 Å². The summed E-state index contributed by atoms with van der Waals surface area (Å²) in [4.78, 5) is 24.1. The molecule has 0 unspecified atom stereocenters. The van der Waals surface area contributed by atoms with Crippen LogP contribution in [0.4, 0.5) is 21.7 Å². The Morgan fingerprint density at radius 2 is 1.66 bits per heavy atom. The highest BCUT2D eigenvalue weighted by Crippen LogP contribution is 2.20. The summed E-state index contributed by atoms with van der Waals surface area (Å²) < 4.78 is 18.7. The SMILES string of the molecule is CCOC(=O)c1ccccc1Nc1ccc(NC(=O)Cc2ccccc2F)nn1. The lowest BCUT2D eigenvalue weighted by Crippen LogP contribution is -2.16. The molecule has 0 radical (unpaired) electrons. The van der Waals surface area contributed by atoms with Crippen molar-refractivity contribution in [2.24, 2.45) is 0 Å². The Bertz CT molecular complexity index is 1010. The highest BCUT2D eigenvalue weighted by molar-refractivity contribution is 5.96. The molecule has 0 spiro atoms. The quantitative estimate of drug-likeness (QED) is 0.594. The number of esters is 1. The van der Waals surface area contributed by atoms with Crippen molar-refractivity contribution in [1.29, 1.82) is 0 Å². The molecule has 1 heterocycles. The van der Waals surface area contributed by atoms with E-state index in [1.54, 1.807) is 61.5 Å². The molecule has 3 aromatic rings. The van der Waals surface area contributed by atoms with Gasteiger partial charge in [-0.2, -0.15) is 0 Å². The molecule has 7 nitrogen and oxygen atoms in total. The Kier molecular flexibility index (Phi) is 6.47. The number of carbonyl (C=O) groups is 2. The molecule has 0 fully saturated rings. The highest BCUT2D eigenvalue weighted by Gasteiger charge is 2.13. The molecule has 0 atom stereocenters. The maximum absolute atomic E-state index is 13.6. The van der Waals surface area contributed by atoms with Gasteiger partial charge < -0.3 is 15.4 Å². The molecule has 0 bridgehead atoms. The number of nitrogens with one attached hydrogen (secondary N) is 2. The van der Waals surface area contributed by atoms with E-state index < -0.39 is 17.7 Å². The summed E-state index contributed by atoms with van der Waals surface area (Å²) in [5.74, 6) is -0.670. The molecule has 0 aliphatic rings. The van der Waals surface area contributed by atoms with Gasteiger partial charge in [0.05, 0.1) is 24.3 Å². The number of rotatable bonds is 7. The van der Waals surface area contributed by atoms with Crippen LogP contribution in [0, 0.1) is 5.82 Å². The first-order valence-electron chi connectivity index (χ1n) is 8.97. The Labute approximate surface area is 166 Å². The number of anilines is 3. The fourth-order valence-electron chi connectivity index (χ4n) is 2.58. The van der Waals surface area contributed by atoms with Gasteiger partial charge in [0.2, 0.25) is 5.91 Å². The second-order valence-corrected chi connectivity index (χ2v) is 6.01. The first-order chi connectivity index (χ1) is 14.1.